The van der Waals surface area contributed by atoms with Crippen molar-refractivity contribution in [2.75, 3.05) is 19.3 Å². The molecule has 0 aliphatic rings. The third-order valence-electron chi connectivity index (χ3n) is 3.82. The lowest BCUT2D eigenvalue weighted by atomic mass is 10.1. The molecule has 0 atom stereocenters. The zero-order valence-corrected chi connectivity index (χ0v) is 18.9. The minimum Gasteiger partial charge on any atom is -0.489 e. The van der Waals surface area contributed by atoms with Crippen LogP contribution in [-0.4, -0.2) is 33.7 Å². The van der Waals surface area contributed by atoms with E-state index in [9.17, 15) is 13.2 Å². The number of hydrogen-bond acceptors (Lipinski definition) is 5. The SMILES string of the molecule is CCNCC.CCc1ccc(OCc2ccc(C(=O)NS(C)(=O)=O)cc2Cl)cc1. The predicted molar refractivity (Wildman–Crippen MR) is 118 cm³/mol. The first-order chi connectivity index (χ1) is 13.7. The lowest BCUT2D eigenvalue weighted by Crippen LogP contribution is -2.29. The number of amides is 1. The number of carbonyl (C=O) groups is 1. The van der Waals surface area contributed by atoms with Gasteiger partial charge in [-0.05, 0) is 49.3 Å². The molecule has 0 aliphatic carbocycles. The summed E-state index contributed by atoms with van der Waals surface area (Å²) in [5.41, 5.74) is 2.09. The van der Waals surface area contributed by atoms with Crippen molar-refractivity contribution >= 4 is 27.5 Å². The second kappa shape index (κ2) is 12.5. The number of carbonyl (C=O) groups excluding carboxylic acids is 1. The van der Waals surface area contributed by atoms with Crippen molar-refractivity contribution < 1.29 is 17.9 Å². The second-order valence-corrected chi connectivity index (χ2v) is 8.41. The van der Waals surface area contributed by atoms with Crippen LogP contribution in [0.15, 0.2) is 42.5 Å². The Bertz CT molecular complexity index is 882. The highest BCUT2D eigenvalue weighted by Gasteiger charge is 2.13. The zero-order chi connectivity index (χ0) is 21.9. The van der Waals surface area contributed by atoms with Crippen molar-refractivity contribution in [1.29, 1.82) is 0 Å². The summed E-state index contributed by atoms with van der Waals surface area (Å²) in [6.45, 7) is 8.72. The molecule has 160 valence electrons. The topological polar surface area (TPSA) is 84.5 Å². The number of aryl methyl sites for hydroxylation is 1. The fraction of sp³-hybridized carbons (Fsp3) is 0.381. The lowest BCUT2D eigenvalue weighted by Gasteiger charge is -2.10. The summed E-state index contributed by atoms with van der Waals surface area (Å²) in [7, 11) is -3.61. The molecule has 0 heterocycles. The largest absolute Gasteiger partial charge is 0.489 e. The van der Waals surface area contributed by atoms with Crippen LogP contribution in [0, 0.1) is 0 Å². The summed E-state index contributed by atoms with van der Waals surface area (Å²) in [5.74, 6) is 0.00388. The molecule has 29 heavy (non-hydrogen) atoms. The number of halogens is 1. The quantitative estimate of drug-likeness (QED) is 0.652. The van der Waals surface area contributed by atoms with Gasteiger partial charge < -0.3 is 10.1 Å². The molecule has 0 spiro atoms. The van der Waals surface area contributed by atoms with E-state index >= 15 is 0 Å². The monoisotopic (exact) mass is 440 g/mol. The van der Waals surface area contributed by atoms with Gasteiger partial charge in [0.05, 0.1) is 6.26 Å². The number of rotatable bonds is 8. The molecule has 0 aliphatic heterocycles. The third kappa shape index (κ3) is 9.78. The molecule has 2 aromatic carbocycles. The van der Waals surface area contributed by atoms with E-state index in [-0.39, 0.29) is 12.2 Å². The zero-order valence-electron chi connectivity index (χ0n) is 17.3. The molecule has 2 rings (SSSR count). The Hall–Kier alpha value is -2.09. The molecule has 0 unspecified atom stereocenters. The molecule has 0 saturated heterocycles. The summed E-state index contributed by atoms with van der Waals surface area (Å²) in [4.78, 5) is 11.8. The van der Waals surface area contributed by atoms with E-state index in [1.165, 1.54) is 17.7 Å². The number of hydrogen-bond donors (Lipinski definition) is 2. The molecule has 0 fully saturated rings. The minimum absolute atomic E-state index is 0.168. The fourth-order valence-corrected chi connectivity index (χ4v) is 2.96. The van der Waals surface area contributed by atoms with E-state index in [1.54, 1.807) is 6.07 Å². The Labute approximate surface area is 178 Å². The van der Waals surface area contributed by atoms with Crippen molar-refractivity contribution in [2.24, 2.45) is 0 Å². The van der Waals surface area contributed by atoms with E-state index in [1.807, 2.05) is 29.0 Å². The molecule has 0 bridgehead atoms. The van der Waals surface area contributed by atoms with Gasteiger partial charge in [-0.2, -0.15) is 0 Å². The van der Waals surface area contributed by atoms with E-state index in [0.717, 1.165) is 31.5 Å². The van der Waals surface area contributed by atoms with Crippen LogP contribution in [0.25, 0.3) is 0 Å². The van der Waals surface area contributed by atoms with E-state index < -0.39 is 15.9 Å². The molecule has 1 amide bonds. The molecule has 0 aromatic heterocycles. The average molecular weight is 441 g/mol. The van der Waals surface area contributed by atoms with Crippen molar-refractivity contribution in [1.82, 2.24) is 10.0 Å². The van der Waals surface area contributed by atoms with Gasteiger partial charge in [-0.1, -0.05) is 50.6 Å². The highest BCUT2D eigenvalue weighted by atomic mass is 35.5. The highest BCUT2D eigenvalue weighted by Crippen LogP contribution is 2.21. The number of benzene rings is 2. The van der Waals surface area contributed by atoms with Crippen LogP contribution in [0.3, 0.4) is 0 Å². The Kier molecular flexibility index (Phi) is 10.7. The molecule has 0 saturated carbocycles. The van der Waals surface area contributed by atoms with Gasteiger partial charge in [-0.3, -0.25) is 4.79 Å². The van der Waals surface area contributed by atoms with Crippen LogP contribution in [0.1, 0.15) is 42.3 Å². The third-order valence-corrected chi connectivity index (χ3v) is 4.73. The number of nitrogens with one attached hydrogen (secondary N) is 2. The maximum atomic E-state index is 11.8. The van der Waals surface area contributed by atoms with Crippen molar-refractivity contribution in [3.63, 3.8) is 0 Å². The lowest BCUT2D eigenvalue weighted by molar-refractivity contribution is 0.0981. The van der Waals surface area contributed by atoms with Gasteiger partial charge in [0.1, 0.15) is 12.4 Å². The van der Waals surface area contributed by atoms with Gasteiger partial charge >= 0.3 is 0 Å². The maximum absolute atomic E-state index is 11.8. The van der Waals surface area contributed by atoms with Crippen molar-refractivity contribution in [3.8, 4) is 5.75 Å². The summed E-state index contributed by atoms with van der Waals surface area (Å²) >= 11 is 6.15. The molecule has 2 N–H and O–H groups in total. The smallest absolute Gasteiger partial charge is 0.264 e. The normalized spacial score (nSPS) is 10.7. The molecular weight excluding hydrogens is 412 g/mol. The Morgan fingerprint density at radius 2 is 1.66 bits per heavy atom. The number of sulfonamides is 1. The molecule has 2 aromatic rings. The second-order valence-electron chi connectivity index (χ2n) is 6.25. The van der Waals surface area contributed by atoms with Crippen LogP contribution in [0.2, 0.25) is 5.02 Å². The van der Waals surface area contributed by atoms with Crippen LogP contribution >= 0.6 is 11.6 Å². The highest BCUT2D eigenvalue weighted by molar-refractivity contribution is 7.89. The van der Waals surface area contributed by atoms with Gasteiger partial charge in [0.2, 0.25) is 10.0 Å². The van der Waals surface area contributed by atoms with Gasteiger partial charge in [-0.25, -0.2) is 13.1 Å². The Morgan fingerprint density at radius 1 is 1.03 bits per heavy atom. The standard InChI is InChI=1S/C17H18ClNO4S.C4H11N/c1-3-12-4-8-15(9-5-12)23-11-14-7-6-13(10-16(14)18)17(20)19-24(2,21)22;1-3-5-4-2/h4-10H,3,11H2,1-2H3,(H,19,20);5H,3-4H2,1-2H3. The van der Waals surface area contributed by atoms with Gasteiger partial charge in [0.25, 0.3) is 5.91 Å². The summed E-state index contributed by atoms with van der Waals surface area (Å²) in [6, 6.07) is 12.3. The van der Waals surface area contributed by atoms with E-state index in [2.05, 4.69) is 26.1 Å². The predicted octanol–water partition coefficient (Wildman–Crippen LogP) is 3.79. The first kappa shape index (κ1) is 24.9. The van der Waals surface area contributed by atoms with Crippen LogP contribution in [-0.2, 0) is 23.1 Å². The number of ether oxygens (including phenoxy) is 1. The molecule has 0 radical (unpaired) electrons. The Morgan fingerprint density at radius 3 is 2.10 bits per heavy atom. The van der Waals surface area contributed by atoms with E-state index in [0.29, 0.717) is 10.6 Å². The molecular formula is C21H29ClN2O4S. The molecule has 8 heteroatoms. The summed E-state index contributed by atoms with van der Waals surface area (Å²) in [6.07, 6.45) is 1.88. The first-order valence-electron chi connectivity index (χ1n) is 9.43. The maximum Gasteiger partial charge on any atom is 0.264 e. The van der Waals surface area contributed by atoms with Crippen LogP contribution in [0.5, 0.6) is 5.75 Å². The summed E-state index contributed by atoms with van der Waals surface area (Å²) in [5, 5.41) is 3.45. The van der Waals surface area contributed by atoms with Crippen molar-refractivity contribution in [3.05, 3.63) is 64.2 Å². The van der Waals surface area contributed by atoms with Crippen LogP contribution < -0.4 is 14.8 Å². The van der Waals surface area contributed by atoms with Gasteiger partial charge in [0, 0.05) is 16.1 Å². The Balaban J connectivity index is 0.000000749. The molecule has 6 nitrogen and oxygen atoms in total. The first-order valence-corrected chi connectivity index (χ1v) is 11.7. The van der Waals surface area contributed by atoms with E-state index in [4.69, 9.17) is 16.3 Å². The average Bonchev–Trinajstić information content (AvgIpc) is 2.67. The van der Waals surface area contributed by atoms with Gasteiger partial charge in [-0.15, -0.1) is 0 Å². The fourth-order valence-electron chi connectivity index (χ4n) is 2.27. The van der Waals surface area contributed by atoms with Crippen molar-refractivity contribution in [2.45, 2.75) is 33.8 Å². The minimum atomic E-state index is -3.61. The van der Waals surface area contributed by atoms with Crippen LogP contribution in [0.4, 0.5) is 0 Å². The summed E-state index contributed by atoms with van der Waals surface area (Å²) < 4.78 is 29.7. The van der Waals surface area contributed by atoms with Gasteiger partial charge in [0.15, 0.2) is 0 Å².